The van der Waals surface area contributed by atoms with Crippen molar-refractivity contribution in [1.29, 1.82) is 0 Å². The Morgan fingerprint density at radius 1 is 0.612 bits per heavy atom. The first kappa shape index (κ1) is 27.5. The average molecular weight is 629 g/mol. The molecule has 1 nitrogen and oxygen atoms in total. The van der Waals surface area contributed by atoms with E-state index in [1.54, 1.807) is 0 Å². The van der Waals surface area contributed by atoms with Gasteiger partial charge in [-0.1, -0.05) is 91.0 Å². The third kappa shape index (κ3) is 4.25. The maximum absolute atomic E-state index is 6.73. The van der Waals surface area contributed by atoms with E-state index >= 15 is 0 Å². The second-order valence-corrected chi connectivity index (χ2v) is 14.5. The van der Waals surface area contributed by atoms with Crippen LogP contribution in [0.25, 0.3) is 78.2 Å². The molecule has 7 aromatic rings. The third-order valence-electron chi connectivity index (χ3n) is 11.9. The largest absolute Gasteiger partial charge is 0.456 e. The fourth-order valence-corrected chi connectivity index (χ4v) is 9.41. The van der Waals surface area contributed by atoms with Gasteiger partial charge in [0.15, 0.2) is 0 Å². The van der Waals surface area contributed by atoms with E-state index in [1.807, 2.05) is 0 Å². The highest BCUT2D eigenvalue weighted by Crippen LogP contribution is 2.39. The molecular weight excluding hydrogens is 593 g/mol. The normalized spacial score (nSPS) is 18.1. The standard InChI is InChI=1S/C48H36O/c1-3-11-37-29(7-1)15-17-33-25-43-31(23-45(33)37)9-5-13-39(43)35-19-21-41-42-22-20-36(28-48(42)49-47(41)27-35)40-14-6-10-32-24-46-34(26-44(32)40)18-16-30-8-2-4-12-38(30)46/h1,3-4,6-7,9-12,14-15,17-19,21,23-28,30H,2,5,8,13,16,20,22H2. The van der Waals surface area contributed by atoms with E-state index in [9.17, 15) is 0 Å². The Hall–Kier alpha value is -5.40. The van der Waals surface area contributed by atoms with Crippen LogP contribution in [0.1, 0.15) is 61.0 Å². The summed E-state index contributed by atoms with van der Waals surface area (Å²) in [5.41, 5.74) is 9.31. The highest BCUT2D eigenvalue weighted by Gasteiger charge is 2.22. The van der Waals surface area contributed by atoms with Crippen LogP contribution in [-0.4, -0.2) is 0 Å². The zero-order valence-electron chi connectivity index (χ0n) is 27.6. The molecule has 0 N–H and O–H groups in total. The molecule has 1 aromatic heterocycles. The summed E-state index contributed by atoms with van der Waals surface area (Å²) in [6.45, 7) is 0. The van der Waals surface area contributed by atoms with E-state index in [0.29, 0.717) is 5.92 Å². The van der Waals surface area contributed by atoms with Crippen LogP contribution in [0.15, 0.2) is 114 Å². The molecule has 6 aromatic carbocycles. The van der Waals surface area contributed by atoms with Gasteiger partial charge in [0, 0.05) is 10.9 Å². The first-order chi connectivity index (χ1) is 24.2. The Kier molecular flexibility index (Phi) is 5.93. The molecule has 0 aliphatic heterocycles. The molecule has 0 saturated heterocycles. The van der Waals surface area contributed by atoms with Crippen molar-refractivity contribution >= 4 is 78.2 Å². The maximum Gasteiger partial charge on any atom is 0.135 e. The molecule has 1 heterocycles. The number of benzene rings is 6. The molecule has 0 fully saturated rings. The topological polar surface area (TPSA) is 13.1 Å². The van der Waals surface area contributed by atoms with Crippen LogP contribution in [-0.2, 0) is 6.42 Å². The number of aryl methyl sites for hydroxylation is 1. The second-order valence-electron chi connectivity index (χ2n) is 14.5. The van der Waals surface area contributed by atoms with Crippen LogP contribution in [0.3, 0.4) is 0 Å². The Balaban J connectivity index is 1.02. The lowest BCUT2D eigenvalue weighted by atomic mass is 9.81. The molecule has 49 heavy (non-hydrogen) atoms. The quantitative estimate of drug-likeness (QED) is 0.174. The highest BCUT2D eigenvalue weighted by atomic mass is 16.3. The number of hydrogen-bond donors (Lipinski definition) is 0. The van der Waals surface area contributed by atoms with Crippen molar-refractivity contribution in [1.82, 2.24) is 0 Å². The average Bonchev–Trinajstić information content (AvgIpc) is 3.53. The number of rotatable bonds is 2. The molecule has 11 rings (SSSR count). The lowest BCUT2D eigenvalue weighted by molar-refractivity contribution is 0.596. The number of fused-ring (bicyclic) bond motifs is 10. The van der Waals surface area contributed by atoms with Gasteiger partial charge in [-0.05, 0) is 168 Å². The zero-order chi connectivity index (χ0) is 32.1. The Bertz CT molecular complexity index is 2910. The van der Waals surface area contributed by atoms with Crippen molar-refractivity contribution < 1.29 is 4.42 Å². The van der Waals surface area contributed by atoms with E-state index in [2.05, 4.69) is 127 Å². The van der Waals surface area contributed by atoms with Gasteiger partial charge in [0.05, 0.1) is 0 Å². The Morgan fingerprint density at radius 2 is 1.47 bits per heavy atom. The summed E-state index contributed by atoms with van der Waals surface area (Å²) in [4.78, 5) is 0. The van der Waals surface area contributed by atoms with Gasteiger partial charge in [-0.25, -0.2) is 0 Å². The van der Waals surface area contributed by atoms with E-state index in [1.165, 1.54) is 105 Å². The van der Waals surface area contributed by atoms with Crippen LogP contribution in [0.2, 0.25) is 0 Å². The number of allylic oxidation sites excluding steroid dienone is 3. The zero-order valence-corrected chi connectivity index (χ0v) is 27.6. The molecule has 1 unspecified atom stereocenters. The summed E-state index contributed by atoms with van der Waals surface area (Å²) in [6.07, 6.45) is 19.7. The summed E-state index contributed by atoms with van der Waals surface area (Å²) >= 11 is 0. The van der Waals surface area contributed by atoms with Crippen molar-refractivity contribution in [2.75, 3.05) is 0 Å². The minimum atomic E-state index is 0.677. The van der Waals surface area contributed by atoms with Gasteiger partial charge in [-0.2, -0.15) is 0 Å². The Morgan fingerprint density at radius 3 is 2.47 bits per heavy atom. The van der Waals surface area contributed by atoms with E-state index < -0.39 is 0 Å². The van der Waals surface area contributed by atoms with Gasteiger partial charge in [-0.3, -0.25) is 0 Å². The van der Waals surface area contributed by atoms with Gasteiger partial charge >= 0.3 is 0 Å². The fraction of sp³-hybridized carbons (Fsp3) is 0.167. The van der Waals surface area contributed by atoms with Crippen LogP contribution < -0.4 is 20.9 Å². The predicted molar refractivity (Wildman–Crippen MR) is 207 cm³/mol. The number of hydrogen-bond acceptors (Lipinski definition) is 1. The first-order valence-corrected chi connectivity index (χ1v) is 18.1. The Labute approximate surface area is 285 Å². The minimum absolute atomic E-state index is 0.677. The summed E-state index contributed by atoms with van der Waals surface area (Å²) in [5.74, 6) is 1.71. The summed E-state index contributed by atoms with van der Waals surface area (Å²) in [5, 5.41) is 14.7. The van der Waals surface area contributed by atoms with Gasteiger partial charge in [-0.15, -0.1) is 0 Å². The molecule has 1 heteroatoms. The van der Waals surface area contributed by atoms with Gasteiger partial charge in [0.2, 0.25) is 0 Å². The molecule has 0 bridgehead atoms. The molecule has 0 saturated carbocycles. The lowest BCUT2D eigenvalue weighted by Crippen LogP contribution is -2.33. The minimum Gasteiger partial charge on any atom is -0.456 e. The number of furan rings is 1. The first-order valence-electron chi connectivity index (χ1n) is 18.1. The molecule has 0 spiro atoms. The van der Waals surface area contributed by atoms with Crippen molar-refractivity contribution in [3.63, 3.8) is 0 Å². The summed E-state index contributed by atoms with van der Waals surface area (Å²) in [7, 11) is 0. The molecule has 1 atom stereocenters. The van der Waals surface area contributed by atoms with Crippen molar-refractivity contribution in [3.05, 3.63) is 153 Å². The second kappa shape index (κ2) is 10.5. The molecular formula is C48H36O. The van der Waals surface area contributed by atoms with Gasteiger partial charge in [0.25, 0.3) is 0 Å². The van der Waals surface area contributed by atoms with E-state index in [-0.39, 0.29) is 0 Å². The highest BCUT2D eigenvalue weighted by molar-refractivity contribution is 6.07. The van der Waals surface area contributed by atoms with Gasteiger partial charge < -0.3 is 4.42 Å². The SMILES string of the molecule is C1=CC2=c3cc4cccc(C5=Cc6oc7cc(C8=c9cc%10ccc%11ccccc%11c%10cc9=CCC8)ccc7c6CC5)c4cc3=CCC2CC1. The third-order valence-corrected chi connectivity index (χ3v) is 11.9. The molecule has 4 aliphatic carbocycles. The smallest absolute Gasteiger partial charge is 0.135 e. The van der Waals surface area contributed by atoms with Gasteiger partial charge in [0.1, 0.15) is 11.3 Å². The summed E-state index contributed by atoms with van der Waals surface area (Å²) in [6, 6.07) is 36.8. The van der Waals surface area contributed by atoms with Crippen LogP contribution in [0.4, 0.5) is 0 Å². The van der Waals surface area contributed by atoms with Crippen LogP contribution >= 0.6 is 0 Å². The predicted octanol–water partition coefficient (Wildman–Crippen LogP) is 9.45. The van der Waals surface area contributed by atoms with Crippen molar-refractivity contribution in [3.8, 4) is 0 Å². The summed E-state index contributed by atoms with van der Waals surface area (Å²) < 4.78 is 6.73. The molecule has 4 aliphatic rings. The molecule has 234 valence electrons. The maximum atomic E-state index is 6.73. The monoisotopic (exact) mass is 628 g/mol. The van der Waals surface area contributed by atoms with Crippen molar-refractivity contribution in [2.24, 2.45) is 5.92 Å². The molecule has 0 radical (unpaired) electrons. The van der Waals surface area contributed by atoms with Crippen LogP contribution in [0.5, 0.6) is 0 Å². The lowest BCUT2D eigenvalue weighted by Gasteiger charge is -2.23. The molecule has 0 amide bonds. The van der Waals surface area contributed by atoms with Crippen LogP contribution in [0, 0.1) is 5.92 Å². The van der Waals surface area contributed by atoms with E-state index in [4.69, 9.17) is 4.42 Å². The van der Waals surface area contributed by atoms with Crippen molar-refractivity contribution in [2.45, 2.75) is 44.9 Å². The fourth-order valence-electron chi connectivity index (χ4n) is 9.41. The van der Waals surface area contributed by atoms with E-state index in [0.717, 1.165) is 43.4 Å².